The van der Waals surface area contributed by atoms with Crippen LogP contribution in [0, 0.1) is 16.4 Å². The summed E-state index contributed by atoms with van der Waals surface area (Å²) in [4.78, 5) is 22.7. The van der Waals surface area contributed by atoms with E-state index in [2.05, 4.69) is 34.8 Å². The third kappa shape index (κ3) is 6.03. The van der Waals surface area contributed by atoms with Crippen LogP contribution < -0.4 is 5.32 Å². The van der Waals surface area contributed by atoms with Crippen molar-refractivity contribution in [3.63, 3.8) is 0 Å². The Kier molecular flexibility index (Phi) is 7.71. The molecule has 0 fully saturated rings. The first kappa shape index (κ1) is 17.9. The molecule has 1 amide bonds. The van der Waals surface area contributed by atoms with Gasteiger partial charge in [-0.3, -0.25) is 9.59 Å². The van der Waals surface area contributed by atoms with E-state index in [-0.39, 0.29) is 12.3 Å². The molecule has 2 N–H and O–H groups in total. The molecule has 0 heterocycles. The molecular formula is C16H22INO3. The summed E-state index contributed by atoms with van der Waals surface area (Å²) < 4.78 is 0.977. The molecule has 0 aromatic heterocycles. The van der Waals surface area contributed by atoms with Gasteiger partial charge in [0.1, 0.15) is 0 Å². The van der Waals surface area contributed by atoms with Crippen LogP contribution in [0.2, 0.25) is 0 Å². The van der Waals surface area contributed by atoms with E-state index in [9.17, 15) is 9.59 Å². The van der Waals surface area contributed by atoms with E-state index < -0.39 is 5.97 Å². The summed E-state index contributed by atoms with van der Waals surface area (Å²) in [6.45, 7) is 4.62. The maximum Gasteiger partial charge on any atom is 0.303 e. The molecule has 5 heteroatoms. The number of carboxylic acids is 1. The smallest absolute Gasteiger partial charge is 0.303 e. The number of aryl methyl sites for hydroxylation is 1. The zero-order chi connectivity index (χ0) is 15.8. The van der Waals surface area contributed by atoms with E-state index in [0.29, 0.717) is 24.4 Å². The zero-order valence-electron chi connectivity index (χ0n) is 12.5. The number of carbonyl (C=O) groups is 2. The molecule has 0 aliphatic heterocycles. The van der Waals surface area contributed by atoms with Crippen LogP contribution >= 0.6 is 22.6 Å². The highest BCUT2D eigenvalue weighted by molar-refractivity contribution is 14.1. The van der Waals surface area contributed by atoms with Crippen LogP contribution in [0.5, 0.6) is 0 Å². The Labute approximate surface area is 139 Å². The third-order valence-corrected chi connectivity index (χ3v) is 5.05. The van der Waals surface area contributed by atoms with Crippen molar-refractivity contribution in [2.75, 3.05) is 6.54 Å². The van der Waals surface area contributed by atoms with Crippen LogP contribution in [0.25, 0.3) is 0 Å². The van der Waals surface area contributed by atoms with Gasteiger partial charge in [-0.15, -0.1) is 0 Å². The van der Waals surface area contributed by atoms with Crippen LogP contribution in [0.15, 0.2) is 18.2 Å². The summed E-state index contributed by atoms with van der Waals surface area (Å²) >= 11 is 2.19. The monoisotopic (exact) mass is 403 g/mol. The lowest BCUT2D eigenvalue weighted by Crippen LogP contribution is -2.27. The number of rotatable bonds is 8. The average Bonchev–Trinajstić information content (AvgIpc) is 2.45. The number of carbonyl (C=O) groups excluding carboxylic acids is 1. The standard InChI is InChI=1S/C16H22INO3/c1-3-12(7-8-14(19)20)9-10-18-16(21)13-6-4-5-11(2)15(13)17/h4-6,12H,3,7-10H2,1-2H3,(H,18,21)(H,19,20). The first-order chi connectivity index (χ1) is 9.95. The van der Waals surface area contributed by atoms with Crippen molar-refractivity contribution < 1.29 is 14.7 Å². The van der Waals surface area contributed by atoms with Gasteiger partial charge in [0.2, 0.25) is 0 Å². The number of benzene rings is 1. The van der Waals surface area contributed by atoms with Crippen LogP contribution in [-0.2, 0) is 4.79 Å². The Morgan fingerprint density at radius 1 is 1.33 bits per heavy atom. The Balaban J connectivity index is 2.45. The lowest BCUT2D eigenvalue weighted by atomic mass is 9.96. The fourth-order valence-electron chi connectivity index (χ4n) is 2.19. The molecule has 1 aromatic carbocycles. The predicted octanol–water partition coefficient (Wildman–Crippen LogP) is 3.61. The molecule has 0 bridgehead atoms. The number of amides is 1. The quantitative estimate of drug-likeness (QED) is 0.652. The van der Waals surface area contributed by atoms with Gasteiger partial charge in [-0.2, -0.15) is 0 Å². The van der Waals surface area contributed by atoms with Gasteiger partial charge in [0.05, 0.1) is 5.56 Å². The number of hydrogen-bond acceptors (Lipinski definition) is 2. The second kappa shape index (κ2) is 9.02. The van der Waals surface area contributed by atoms with E-state index in [1.54, 1.807) is 0 Å². The lowest BCUT2D eigenvalue weighted by Gasteiger charge is -2.14. The Hall–Kier alpha value is -1.11. The normalized spacial score (nSPS) is 12.0. The Bertz CT molecular complexity index is 502. The average molecular weight is 403 g/mol. The molecule has 1 unspecified atom stereocenters. The first-order valence-electron chi connectivity index (χ1n) is 7.20. The molecule has 4 nitrogen and oxygen atoms in total. The number of aliphatic carboxylic acids is 1. The fraction of sp³-hybridized carbons (Fsp3) is 0.500. The van der Waals surface area contributed by atoms with Gasteiger partial charge in [0, 0.05) is 16.5 Å². The minimum atomic E-state index is -0.758. The zero-order valence-corrected chi connectivity index (χ0v) is 14.6. The minimum Gasteiger partial charge on any atom is -0.481 e. The molecule has 0 aliphatic rings. The molecule has 0 aliphatic carbocycles. The number of hydrogen-bond donors (Lipinski definition) is 2. The molecule has 1 aromatic rings. The summed E-state index contributed by atoms with van der Waals surface area (Å²) in [5.74, 6) is -0.471. The van der Waals surface area contributed by atoms with Gasteiger partial charge < -0.3 is 10.4 Å². The second-order valence-corrected chi connectivity index (χ2v) is 6.27. The molecule has 0 saturated heterocycles. The SMILES string of the molecule is CCC(CCNC(=O)c1cccc(C)c1I)CCC(=O)O. The number of halogens is 1. The summed E-state index contributed by atoms with van der Waals surface area (Å²) in [5.41, 5.74) is 1.80. The topological polar surface area (TPSA) is 66.4 Å². The van der Waals surface area contributed by atoms with Gasteiger partial charge >= 0.3 is 5.97 Å². The van der Waals surface area contributed by atoms with E-state index in [1.807, 2.05) is 25.1 Å². The molecule has 0 saturated carbocycles. The molecule has 1 rings (SSSR count). The summed E-state index contributed by atoms with van der Waals surface area (Å²) in [7, 11) is 0. The van der Waals surface area contributed by atoms with Gasteiger partial charge in [0.15, 0.2) is 0 Å². The Morgan fingerprint density at radius 3 is 2.67 bits per heavy atom. The van der Waals surface area contributed by atoms with Gasteiger partial charge in [-0.1, -0.05) is 25.5 Å². The summed E-state index contributed by atoms with van der Waals surface area (Å²) in [5, 5.41) is 11.6. The summed E-state index contributed by atoms with van der Waals surface area (Å²) in [6.07, 6.45) is 2.62. The van der Waals surface area contributed by atoms with Crippen LogP contribution in [-0.4, -0.2) is 23.5 Å². The lowest BCUT2D eigenvalue weighted by molar-refractivity contribution is -0.137. The van der Waals surface area contributed by atoms with Crippen molar-refractivity contribution in [3.05, 3.63) is 32.9 Å². The fourth-order valence-corrected chi connectivity index (χ4v) is 2.79. The highest BCUT2D eigenvalue weighted by Gasteiger charge is 2.13. The number of carboxylic acid groups (broad SMARTS) is 1. The van der Waals surface area contributed by atoms with Crippen molar-refractivity contribution in [2.45, 2.75) is 39.5 Å². The predicted molar refractivity (Wildman–Crippen MR) is 91.5 cm³/mol. The maximum absolute atomic E-state index is 12.1. The van der Waals surface area contributed by atoms with Crippen molar-refractivity contribution >= 4 is 34.5 Å². The molecule has 21 heavy (non-hydrogen) atoms. The van der Waals surface area contributed by atoms with Crippen molar-refractivity contribution in [3.8, 4) is 0 Å². The van der Waals surface area contributed by atoms with Crippen LogP contribution in [0.4, 0.5) is 0 Å². The first-order valence-corrected chi connectivity index (χ1v) is 8.28. The highest BCUT2D eigenvalue weighted by atomic mass is 127. The molecule has 0 spiro atoms. The van der Waals surface area contributed by atoms with Crippen molar-refractivity contribution in [2.24, 2.45) is 5.92 Å². The Morgan fingerprint density at radius 2 is 2.05 bits per heavy atom. The third-order valence-electron chi connectivity index (χ3n) is 3.62. The molecule has 116 valence electrons. The molecule has 1 atom stereocenters. The highest BCUT2D eigenvalue weighted by Crippen LogP contribution is 2.17. The van der Waals surface area contributed by atoms with Crippen molar-refractivity contribution in [1.82, 2.24) is 5.32 Å². The second-order valence-electron chi connectivity index (χ2n) is 5.19. The van der Waals surface area contributed by atoms with Crippen molar-refractivity contribution in [1.29, 1.82) is 0 Å². The van der Waals surface area contributed by atoms with Crippen LogP contribution in [0.3, 0.4) is 0 Å². The summed E-state index contributed by atoms with van der Waals surface area (Å²) in [6, 6.07) is 5.69. The van der Waals surface area contributed by atoms with E-state index in [0.717, 1.165) is 22.0 Å². The van der Waals surface area contributed by atoms with E-state index >= 15 is 0 Å². The molecular weight excluding hydrogens is 381 g/mol. The minimum absolute atomic E-state index is 0.0591. The van der Waals surface area contributed by atoms with E-state index in [1.165, 1.54) is 0 Å². The van der Waals surface area contributed by atoms with E-state index in [4.69, 9.17) is 5.11 Å². The molecule has 0 radical (unpaired) electrons. The maximum atomic E-state index is 12.1. The largest absolute Gasteiger partial charge is 0.481 e. The van der Waals surface area contributed by atoms with Gasteiger partial charge in [0.25, 0.3) is 5.91 Å². The van der Waals surface area contributed by atoms with Gasteiger partial charge in [-0.05, 0) is 59.9 Å². The van der Waals surface area contributed by atoms with Crippen LogP contribution in [0.1, 0.15) is 48.5 Å². The van der Waals surface area contributed by atoms with Gasteiger partial charge in [-0.25, -0.2) is 0 Å². The number of nitrogens with one attached hydrogen (secondary N) is 1.